The molecule has 0 aliphatic heterocycles. The zero-order chi connectivity index (χ0) is 12.9. The molecule has 0 bridgehead atoms. The molecule has 0 radical (unpaired) electrons. The molecule has 3 heteroatoms. The topological polar surface area (TPSA) is 29.9 Å². The molecule has 1 aromatic heterocycles. The highest BCUT2D eigenvalue weighted by molar-refractivity contribution is 5.27. The van der Waals surface area contributed by atoms with E-state index < -0.39 is 0 Å². The van der Waals surface area contributed by atoms with E-state index in [4.69, 9.17) is 0 Å². The summed E-state index contributed by atoms with van der Waals surface area (Å²) < 4.78 is 2.35. The molecule has 0 unspecified atom stereocenters. The Balaban J connectivity index is 1.57. The Kier molecular flexibility index (Phi) is 4.41. The van der Waals surface area contributed by atoms with Gasteiger partial charge in [-0.05, 0) is 31.6 Å². The molecule has 0 saturated heterocycles. The van der Waals surface area contributed by atoms with E-state index >= 15 is 0 Å². The van der Waals surface area contributed by atoms with Gasteiger partial charge < -0.3 is 9.88 Å². The van der Waals surface area contributed by atoms with Crippen molar-refractivity contribution in [3.8, 4) is 0 Å². The summed E-state index contributed by atoms with van der Waals surface area (Å²) in [5.74, 6) is 1.98. The number of rotatable bonds is 4. The van der Waals surface area contributed by atoms with Crippen LogP contribution in [0, 0.1) is 5.92 Å². The fourth-order valence-electron chi connectivity index (χ4n) is 3.67. The average molecular weight is 261 g/mol. The van der Waals surface area contributed by atoms with E-state index in [-0.39, 0.29) is 0 Å². The Hall–Kier alpha value is -0.990. The van der Waals surface area contributed by atoms with E-state index in [0.29, 0.717) is 6.04 Å². The van der Waals surface area contributed by atoms with Gasteiger partial charge in [0.1, 0.15) is 0 Å². The van der Waals surface area contributed by atoms with Gasteiger partial charge in [-0.25, -0.2) is 4.98 Å². The van der Waals surface area contributed by atoms with E-state index in [1.165, 1.54) is 64.2 Å². The highest BCUT2D eigenvalue weighted by Gasteiger charge is 2.18. The largest absolute Gasteiger partial charge is 0.353 e. The second-order valence-corrected chi connectivity index (χ2v) is 6.39. The molecular formula is C16H27N3. The lowest BCUT2D eigenvalue weighted by molar-refractivity contribution is 0.320. The molecule has 0 spiro atoms. The van der Waals surface area contributed by atoms with Gasteiger partial charge in [-0.3, -0.25) is 0 Å². The van der Waals surface area contributed by atoms with Crippen LogP contribution in [0.25, 0.3) is 0 Å². The minimum absolute atomic E-state index is 0.654. The van der Waals surface area contributed by atoms with Crippen LogP contribution < -0.4 is 5.32 Å². The van der Waals surface area contributed by atoms with E-state index in [1.54, 1.807) is 0 Å². The Morgan fingerprint density at radius 2 is 1.68 bits per heavy atom. The molecule has 0 aromatic carbocycles. The molecule has 1 N–H and O–H groups in total. The maximum absolute atomic E-state index is 4.53. The van der Waals surface area contributed by atoms with Crippen molar-refractivity contribution in [3.63, 3.8) is 0 Å². The minimum Gasteiger partial charge on any atom is -0.353 e. The summed E-state index contributed by atoms with van der Waals surface area (Å²) >= 11 is 0. The summed E-state index contributed by atoms with van der Waals surface area (Å²) in [6, 6.07) is 0.654. The molecule has 2 aliphatic carbocycles. The van der Waals surface area contributed by atoms with Crippen molar-refractivity contribution < 1.29 is 0 Å². The first-order valence-corrected chi connectivity index (χ1v) is 8.19. The van der Waals surface area contributed by atoms with E-state index in [2.05, 4.69) is 21.1 Å². The van der Waals surface area contributed by atoms with Crippen molar-refractivity contribution >= 4 is 5.95 Å². The van der Waals surface area contributed by atoms with Gasteiger partial charge in [0, 0.05) is 25.0 Å². The maximum Gasteiger partial charge on any atom is 0.202 e. The molecule has 3 rings (SSSR count). The van der Waals surface area contributed by atoms with Crippen molar-refractivity contribution in [1.29, 1.82) is 0 Å². The van der Waals surface area contributed by atoms with Crippen LogP contribution in [0.5, 0.6) is 0 Å². The summed E-state index contributed by atoms with van der Waals surface area (Å²) in [5, 5.41) is 3.67. The number of imidazole rings is 1. The predicted octanol–water partition coefficient (Wildman–Crippen LogP) is 4.21. The van der Waals surface area contributed by atoms with Crippen molar-refractivity contribution in [1.82, 2.24) is 9.55 Å². The first kappa shape index (κ1) is 13.0. The summed E-state index contributed by atoms with van der Waals surface area (Å²) in [5.41, 5.74) is 0. The van der Waals surface area contributed by atoms with Crippen LogP contribution in [0.2, 0.25) is 0 Å². The molecule has 19 heavy (non-hydrogen) atoms. The minimum atomic E-state index is 0.654. The molecular weight excluding hydrogens is 234 g/mol. The quantitative estimate of drug-likeness (QED) is 0.880. The first-order valence-electron chi connectivity index (χ1n) is 8.19. The normalized spacial score (nSPS) is 22.5. The number of hydrogen-bond acceptors (Lipinski definition) is 2. The summed E-state index contributed by atoms with van der Waals surface area (Å²) in [6.45, 7) is 1.16. The van der Waals surface area contributed by atoms with E-state index in [1.807, 2.05) is 6.20 Å². The Morgan fingerprint density at radius 3 is 2.42 bits per heavy atom. The number of hydrogen-bond donors (Lipinski definition) is 1. The van der Waals surface area contributed by atoms with Crippen molar-refractivity contribution in [2.24, 2.45) is 5.92 Å². The molecule has 106 valence electrons. The number of anilines is 1. The number of nitrogens with zero attached hydrogens (tertiary/aromatic N) is 2. The predicted molar refractivity (Wildman–Crippen MR) is 79.3 cm³/mol. The lowest BCUT2D eigenvalue weighted by Crippen LogP contribution is -2.25. The van der Waals surface area contributed by atoms with Gasteiger partial charge in [0.25, 0.3) is 0 Å². The molecule has 1 aromatic rings. The van der Waals surface area contributed by atoms with Crippen LogP contribution >= 0.6 is 0 Å². The van der Waals surface area contributed by atoms with Crippen LogP contribution in [-0.2, 0) is 6.54 Å². The first-order chi connectivity index (χ1) is 9.42. The third-order valence-electron chi connectivity index (χ3n) is 4.83. The van der Waals surface area contributed by atoms with Crippen LogP contribution in [0.15, 0.2) is 12.4 Å². The SMILES string of the molecule is c1cn(CC2CCCCC2)c(NC2CCCCC2)n1. The summed E-state index contributed by atoms with van der Waals surface area (Å²) in [4.78, 5) is 4.53. The van der Waals surface area contributed by atoms with Crippen molar-refractivity contribution in [2.45, 2.75) is 76.8 Å². The maximum atomic E-state index is 4.53. The summed E-state index contributed by atoms with van der Waals surface area (Å²) in [7, 11) is 0. The smallest absolute Gasteiger partial charge is 0.202 e. The highest BCUT2D eigenvalue weighted by atomic mass is 15.2. The van der Waals surface area contributed by atoms with Gasteiger partial charge >= 0.3 is 0 Å². The van der Waals surface area contributed by atoms with Crippen LogP contribution in [-0.4, -0.2) is 15.6 Å². The van der Waals surface area contributed by atoms with Crippen LogP contribution in [0.1, 0.15) is 64.2 Å². The Bertz CT molecular complexity index is 339. The molecule has 2 saturated carbocycles. The Labute approximate surface area is 116 Å². The van der Waals surface area contributed by atoms with Crippen LogP contribution in [0.4, 0.5) is 5.95 Å². The van der Waals surface area contributed by atoms with Gasteiger partial charge in [-0.2, -0.15) is 0 Å². The highest BCUT2D eigenvalue weighted by Crippen LogP contribution is 2.27. The number of nitrogens with one attached hydrogen (secondary N) is 1. The van der Waals surface area contributed by atoms with Gasteiger partial charge in [0.2, 0.25) is 5.95 Å². The summed E-state index contributed by atoms with van der Waals surface area (Å²) in [6.07, 6.45) is 18.0. The second-order valence-electron chi connectivity index (χ2n) is 6.39. The fraction of sp³-hybridized carbons (Fsp3) is 0.812. The van der Waals surface area contributed by atoms with Gasteiger partial charge in [-0.1, -0.05) is 38.5 Å². The van der Waals surface area contributed by atoms with E-state index in [9.17, 15) is 0 Å². The zero-order valence-electron chi connectivity index (χ0n) is 12.0. The molecule has 0 atom stereocenters. The standard InChI is InChI=1S/C16H27N3/c1-3-7-14(8-4-1)13-19-12-11-17-16(19)18-15-9-5-2-6-10-15/h11-12,14-15H,1-10,13H2,(H,17,18). The average Bonchev–Trinajstić information content (AvgIpc) is 2.88. The van der Waals surface area contributed by atoms with Crippen molar-refractivity contribution in [2.75, 3.05) is 5.32 Å². The second kappa shape index (κ2) is 6.44. The Morgan fingerprint density at radius 1 is 1.00 bits per heavy atom. The van der Waals surface area contributed by atoms with Crippen LogP contribution in [0.3, 0.4) is 0 Å². The molecule has 2 aliphatic rings. The van der Waals surface area contributed by atoms with Gasteiger partial charge in [0.05, 0.1) is 0 Å². The monoisotopic (exact) mass is 261 g/mol. The molecule has 3 nitrogen and oxygen atoms in total. The lowest BCUT2D eigenvalue weighted by atomic mass is 9.89. The number of aromatic nitrogens is 2. The fourth-order valence-corrected chi connectivity index (χ4v) is 3.67. The molecule has 0 amide bonds. The molecule has 1 heterocycles. The third kappa shape index (κ3) is 3.52. The molecule has 2 fully saturated rings. The third-order valence-corrected chi connectivity index (χ3v) is 4.83. The van der Waals surface area contributed by atoms with Gasteiger partial charge in [0.15, 0.2) is 0 Å². The van der Waals surface area contributed by atoms with E-state index in [0.717, 1.165) is 18.4 Å². The zero-order valence-corrected chi connectivity index (χ0v) is 12.0. The lowest BCUT2D eigenvalue weighted by Gasteiger charge is -2.26. The van der Waals surface area contributed by atoms with Gasteiger partial charge in [-0.15, -0.1) is 0 Å². The van der Waals surface area contributed by atoms with Crippen molar-refractivity contribution in [3.05, 3.63) is 12.4 Å².